The molecule has 0 saturated carbocycles. The van der Waals surface area contributed by atoms with Crippen LogP contribution in [-0.2, 0) is 28.4 Å². The molecular weight excluding hydrogens is 458 g/mol. The number of likely N-dealkylation sites (tertiary alicyclic amines) is 1. The predicted octanol–water partition coefficient (Wildman–Crippen LogP) is 1.39. The van der Waals surface area contributed by atoms with Gasteiger partial charge in [-0.3, -0.25) is 23.4 Å². The summed E-state index contributed by atoms with van der Waals surface area (Å²) in [6, 6.07) is 11.8. The minimum absolute atomic E-state index is 0.0128. The van der Waals surface area contributed by atoms with Crippen molar-refractivity contribution in [3.05, 3.63) is 68.9 Å². The van der Waals surface area contributed by atoms with Crippen molar-refractivity contribution in [2.45, 2.75) is 30.7 Å². The molecule has 2 aromatic carbocycles. The van der Waals surface area contributed by atoms with Gasteiger partial charge in [0, 0.05) is 38.8 Å². The SMILES string of the molecule is Cn1c(=O)n(CCC(=O)N2CCCC2)c(=O)c2cc(S(=O)(=O)Nc3ccc(C#N)cc3)ccc21. The van der Waals surface area contributed by atoms with Crippen LogP contribution in [0.25, 0.3) is 10.9 Å². The molecule has 0 radical (unpaired) electrons. The Morgan fingerprint density at radius 3 is 2.41 bits per heavy atom. The van der Waals surface area contributed by atoms with Gasteiger partial charge < -0.3 is 4.90 Å². The molecule has 1 aromatic heterocycles. The first-order valence-corrected chi connectivity index (χ1v) is 12.2. The molecule has 0 spiro atoms. The Balaban J connectivity index is 1.67. The molecule has 11 heteroatoms. The normalized spacial score (nSPS) is 13.7. The number of aromatic nitrogens is 2. The van der Waals surface area contributed by atoms with Gasteiger partial charge >= 0.3 is 5.69 Å². The van der Waals surface area contributed by atoms with E-state index in [4.69, 9.17) is 5.26 Å². The maximum Gasteiger partial charge on any atom is 0.331 e. The molecule has 1 fully saturated rings. The van der Waals surface area contributed by atoms with Gasteiger partial charge in [0.2, 0.25) is 5.91 Å². The van der Waals surface area contributed by atoms with Crippen molar-refractivity contribution >= 4 is 32.5 Å². The molecule has 0 atom stereocenters. The van der Waals surface area contributed by atoms with E-state index in [1.807, 2.05) is 6.07 Å². The number of sulfonamides is 1. The van der Waals surface area contributed by atoms with E-state index in [-0.39, 0.29) is 40.4 Å². The molecule has 0 aliphatic carbocycles. The molecule has 4 rings (SSSR count). The Bertz CT molecular complexity index is 1530. The minimum Gasteiger partial charge on any atom is -0.343 e. The van der Waals surface area contributed by atoms with Gasteiger partial charge in [-0.2, -0.15) is 5.26 Å². The number of benzene rings is 2. The molecule has 176 valence electrons. The largest absolute Gasteiger partial charge is 0.343 e. The number of nitriles is 1. The summed E-state index contributed by atoms with van der Waals surface area (Å²) in [7, 11) is -2.55. The number of anilines is 1. The quantitative estimate of drug-likeness (QED) is 0.565. The van der Waals surface area contributed by atoms with Gasteiger partial charge in [0.25, 0.3) is 15.6 Å². The van der Waals surface area contributed by atoms with Crippen molar-refractivity contribution in [2.75, 3.05) is 17.8 Å². The Morgan fingerprint density at radius 2 is 1.76 bits per heavy atom. The van der Waals surface area contributed by atoms with E-state index >= 15 is 0 Å². The molecule has 34 heavy (non-hydrogen) atoms. The highest BCUT2D eigenvalue weighted by molar-refractivity contribution is 7.92. The number of hydrogen-bond acceptors (Lipinski definition) is 6. The number of carbonyl (C=O) groups is 1. The second kappa shape index (κ2) is 9.15. The molecule has 1 N–H and O–H groups in total. The summed E-state index contributed by atoms with van der Waals surface area (Å²) in [5.41, 5.74) is -0.286. The third-order valence-corrected chi connectivity index (χ3v) is 7.29. The summed E-state index contributed by atoms with van der Waals surface area (Å²) in [5, 5.41) is 8.94. The number of hydrogen-bond donors (Lipinski definition) is 1. The second-order valence-electron chi connectivity index (χ2n) is 8.11. The van der Waals surface area contributed by atoms with Crippen LogP contribution in [0.5, 0.6) is 0 Å². The highest BCUT2D eigenvalue weighted by atomic mass is 32.2. The smallest absolute Gasteiger partial charge is 0.331 e. The fourth-order valence-corrected chi connectivity index (χ4v) is 5.10. The van der Waals surface area contributed by atoms with Crippen LogP contribution in [0.15, 0.2) is 56.9 Å². The fraction of sp³-hybridized carbons (Fsp3) is 0.304. The average Bonchev–Trinajstić information content (AvgIpc) is 3.37. The molecule has 1 amide bonds. The lowest BCUT2D eigenvalue weighted by Crippen LogP contribution is -2.40. The zero-order chi connectivity index (χ0) is 24.5. The molecule has 2 heterocycles. The van der Waals surface area contributed by atoms with Crippen LogP contribution in [-0.4, -0.2) is 41.4 Å². The van der Waals surface area contributed by atoms with Gasteiger partial charge in [-0.25, -0.2) is 13.2 Å². The van der Waals surface area contributed by atoms with E-state index in [1.54, 1.807) is 4.90 Å². The highest BCUT2D eigenvalue weighted by Crippen LogP contribution is 2.20. The van der Waals surface area contributed by atoms with Gasteiger partial charge in [0.15, 0.2) is 0 Å². The van der Waals surface area contributed by atoms with E-state index in [0.717, 1.165) is 17.4 Å². The van der Waals surface area contributed by atoms with Crippen molar-refractivity contribution in [2.24, 2.45) is 7.05 Å². The number of amides is 1. The molecule has 0 unspecified atom stereocenters. The van der Waals surface area contributed by atoms with Gasteiger partial charge in [0.05, 0.1) is 27.4 Å². The maximum atomic E-state index is 13.1. The van der Waals surface area contributed by atoms with E-state index in [1.165, 1.54) is 54.1 Å². The zero-order valence-corrected chi connectivity index (χ0v) is 19.3. The van der Waals surface area contributed by atoms with Crippen LogP contribution in [0, 0.1) is 11.3 Å². The third-order valence-electron chi connectivity index (χ3n) is 5.91. The summed E-state index contributed by atoms with van der Waals surface area (Å²) in [5.74, 6) is -0.116. The standard InChI is InChI=1S/C23H23N5O5S/c1-26-20-9-8-18(34(32,33)25-17-6-4-16(15-24)5-7-17)14-19(20)22(30)28(23(26)31)13-10-21(29)27-11-2-3-12-27/h4-9,14,25H,2-3,10-13H2,1H3. The lowest BCUT2D eigenvalue weighted by molar-refractivity contribution is -0.130. The van der Waals surface area contributed by atoms with Crippen LogP contribution in [0.2, 0.25) is 0 Å². The van der Waals surface area contributed by atoms with Crippen LogP contribution in [0.3, 0.4) is 0 Å². The molecule has 3 aromatic rings. The molecule has 1 saturated heterocycles. The molecule has 1 aliphatic heterocycles. The first-order chi connectivity index (χ1) is 16.2. The molecule has 10 nitrogen and oxygen atoms in total. The van der Waals surface area contributed by atoms with Crippen molar-refractivity contribution in [3.63, 3.8) is 0 Å². The van der Waals surface area contributed by atoms with Crippen molar-refractivity contribution in [1.29, 1.82) is 5.26 Å². The van der Waals surface area contributed by atoms with Gasteiger partial charge in [-0.05, 0) is 55.3 Å². The number of nitrogens with zero attached hydrogens (tertiary/aromatic N) is 4. The number of fused-ring (bicyclic) bond motifs is 1. The van der Waals surface area contributed by atoms with Gasteiger partial charge in [-0.1, -0.05) is 0 Å². The van der Waals surface area contributed by atoms with E-state index < -0.39 is 21.3 Å². The number of rotatable bonds is 6. The summed E-state index contributed by atoms with van der Waals surface area (Å²) < 4.78 is 30.5. The summed E-state index contributed by atoms with van der Waals surface area (Å²) in [4.78, 5) is 39.8. The lowest BCUT2D eigenvalue weighted by Gasteiger charge is -2.16. The third kappa shape index (κ3) is 4.45. The van der Waals surface area contributed by atoms with Crippen LogP contribution in [0.1, 0.15) is 24.8 Å². The molecule has 1 aliphatic rings. The topological polar surface area (TPSA) is 134 Å². The highest BCUT2D eigenvalue weighted by Gasteiger charge is 2.21. The maximum absolute atomic E-state index is 13.1. The Hall–Kier alpha value is -3.91. The zero-order valence-electron chi connectivity index (χ0n) is 18.5. The monoisotopic (exact) mass is 481 g/mol. The summed E-state index contributed by atoms with van der Waals surface area (Å²) in [6.07, 6.45) is 1.90. The van der Waals surface area contributed by atoms with E-state index in [0.29, 0.717) is 18.7 Å². The summed E-state index contributed by atoms with van der Waals surface area (Å²) in [6.45, 7) is 1.27. The summed E-state index contributed by atoms with van der Waals surface area (Å²) >= 11 is 0. The van der Waals surface area contributed by atoms with Crippen LogP contribution in [0.4, 0.5) is 5.69 Å². The Labute approximate surface area is 195 Å². The van der Waals surface area contributed by atoms with Gasteiger partial charge in [-0.15, -0.1) is 0 Å². The van der Waals surface area contributed by atoms with Crippen molar-refractivity contribution in [1.82, 2.24) is 14.0 Å². The van der Waals surface area contributed by atoms with E-state index in [2.05, 4.69) is 4.72 Å². The van der Waals surface area contributed by atoms with Crippen molar-refractivity contribution < 1.29 is 13.2 Å². The van der Waals surface area contributed by atoms with Gasteiger partial charge in [0.1, 0.15) is 0 Å². The predicted molar refractivity (Wildman–Crippen MR) is 126 cm³/mol. The average molecular weight is 482 g/mol. The van der Waals surface area contributed by atoms with Crippen molar-refractivity contribution in [3.8, 4) is 6.07 Å². The molecular formula is C23H23N5O5S. The Morgan fingerprint density at radius 1 is 1.09 bits per heavy atom. The lowest BCUT2D eigenvalue weighted by atomic mass is 10.2. The first-order valence-electron chi connectivity index (χ1n) is 10.8. The Kier molecular flexibility index (Phi) is 6.26. The molecule has 0 bridgehead atoms. The second-order valence-corrected chi connectivity index (χ2v) is 9.79. The first kappa shape index (κ1) is 23.3. The van der Waals surface area contributed by atoms with E-state index in [9.17, 15) is 22.8 Å². The number of carbonyl (C=O) groups excluding carboxylic acids is 1. The fourth-order valence-electron chi connectivity index (χ4n) is 4.02. The number of nitrogens with one attached hydrogen (secondary N) is 1. The minimum atomic E-state index is -4.04. The van der Waals surface area contributed by atoms with Crippen LogP contribution >= 0.6 is 0 Å². The van der Waals surface area contributed by atoms with Crippen LogP contribution < -0.4 is 16.0 Å². The number of aryl methyl sites for hydroxylation is 1.